The largest absolute Gasteiger partial charge is 0.350 e. The van der Waals surface area contributed by atoms with E-state index in [4.69, 9.17) is 5.10 Å². The number of nitrogens with zero attached hydrogens (tertiary/aromatic N) is 4. The van der Waals surface area contributed by atoms with Crippen LogP contribution in [0.3, 0.4) is 0 Å². The van der Waals surface area contributed by atoms with E-state index in [2.05, 4.69) is 10.3 Å². The number of amides is 2. The van der Waals surface area contributed by atoms with Crippen molar-refractivity contribution in [3.63, 3.8) is 0 Å². The zero-order chi connectivity index (χ0) is 29.3. The second-order valence-electron chi connectivity index (χ2n) is 11.1. The lowest BCUT2D eigenvalue weighted by Crippen LogP contribution is -2.42. The predicted octanol–water partition coefficient (Wildman–Crippen LogP) is 5.64. The summed E-state index contributed by atoms with van der Waals surface area (Å²) in [5.74, 6) is -1.65. The maximum Gasteiger partial charge on any atom is 0.240 e. The topological polar surface area (TPSA) is 80.1 Å². The molecule has 7 nitrogen and oxygen atoms in total. The lowest BCUT2D eigenvalue weighted by atomic mass is 9.87. The van der Waals surface area contributed by atoms with E-state index in [9.17, 15) is 14.0 Å². The minimum absolute atomic E-state index is 0.00873. The summed E-state index contributed by atoms with van der Waals surface area (Å²) in [7, 11) is 0. The van der Waals surface area contributed by atoms with E-state index in [1.165, 1.54) is 28.8 Å². The zero-order valence-electron chi connectivity index (χ0n) is 23.3. The number of carbonyl (C=O) groups is 2. The van der Waals surface area contributed by atoms with Crippen LogP contribution in [-0.2, 0) is 21.5 Å². The fourth-order valence-electron chi connectivity index (χ4n) is 4.87. The number of aromatic nitrogens is 3. The Kier molecular flexibility index (Phi) is 7.95. The maximum absolute atomic E-state index is 15.3. The highest BCUT2D eigenvalue weighted by Gasteiger charge is 2.40. The van der Waals surface area contributed by atoms with Crippen LogP contribution in [0, 0.1) is 18.6 Å². The summed E-state index contributed by atoms with van der Waals surface area (Å²) in [5.41, 5.74) is 3.60. The summed E-state index contributed by atoms with van der Waals surface area (Å²) in [5, 5.41) is 7.22. The molecule has 2 aromatic carbocycles. The molecular formula is C31H31F2N5O2S. The van der Waals surface area contributed by atoms with Crippen molar-refractivity contribution < 1.29 is 18.4 Å². The molecular weight excluding hydrogens is 544 g/mol. The van der Waals surface area contributed by atoms with Gasteiger partial charge in [0.2, 0.25) is 11.8 Å². The third-order valence-corrected chi connectivity index (χ3v) is 8.07. The van der Waals surface area contributed by atoms with Gasteiger partial charge in [-0.05, 0) is 48.4 Å². The number of thioether (sulfide) groups is 1. The highest BCUT2D eigenvalue weighted by Crippen LogP contribution is 2.49. The Morgan fingerprint density at radius 1 is 1.10 bits per heavy atom. The molecule has 1 atom stereocenters. The van der Waals surface area contributed by atoms with Crippen LogP contribution in [0.2, 0.25) is 0 Å². The molecule has 4 aromatic rings. The first-order chi connectivity index (χ1) is 19.5. The number of anilines is 1. The van der Waals surface area contributed by atoms with Crippen LogP contribution < -0.4 is 10.2 Å². The number of halogens is 2. The molecule has 0 spiro atoms. The first-order valence-electron chi connectivity index (χ1n) is 13.3. The van der Waals surface area contributed by atoms with Crippen molar-refractivity contribution in [2.45, 2.75) is 44.9 Å². The normalized spacial score (nSPS) is 15.4. The van der Waals surface area contributed by atoms with Gasteiger partial charge in [0.15, 0.2) is 0 Å². The Hall–Kier alpha value is -4.05. The standard InChI is InChI=1S/C31H31F2N5O2S/c1-19-6-5-7-22(14-19)38-30-27(29(36-38)31(2,3)4)28(23-9-8-21(32)15-24(23)33)41-18-26(40)37(30)17-25(39)35-16-20-10-12-34-13-11-20/h5-15,28H,16-18H2,1-4H3,(H,35,39)/t28-/m0/s1. The number of hydrogen-bond donors (Lipinski definition) is 1. The Morgan fingerprint density at radius 2 is 1.85 bits per heavy atom. The lowest BCUT2D eigenvalue weighted by Gasteiger charge is -2.24. The average Bonchev–Trinajstić information content (AvgIpc) is 3.27. The van der Waals surface area contributed by atoms with Gasteiger partial charge in [0, 0.05) is 41.5 Å². The van der Waals surface area contributed by atoms with Gasteiger partial charge in [-0.2, -0.15) is 5.10 Å². The molecule has 1 aliphatic rings. The molecule has 0 fully saturated rings. The summed E-state index contributed by atoms with van der Waals surface area (Å²) in [6, 6.07) is 14.8. The quantitative estimate of drug-likeness (QED) is 0.322. The number of benzene rings is 2. The Bertz CT molecular complexity index is 1600. The minimum atomic E-state index is -0.701. The average molecular weight is 576 g/mol. The third-order valence-electron chi connectivity index (χ3n) is 6.83. The summed E-state index contributed by atoms with van der Waals surface area (Å²) < 4.78 is 30.9. The molecule has 2 amide bonds. The van der Waals surface area contributed by atoms with Crippen molar-refractivity contribution >= 4 is 29.4 Å². The highest BCUT2D eigenvalue weighted by atomic mass is 32.2. The van der Waals surface area contributed by atoms with E-state index >= 15 is 4.39 Å². The number of aryl methyl sites for hydroxylation is 1. The van der Waals surface area contributed by atoms with Gasteiger partial charge < -0.3 is 5.32 Å². The number of fused-ring (bicyclic) bond motifs is 1. The molecule has 10 heteroatoms. The zero-order valence-corrected chi connectivity index (χ0v) is 24.1. The van der Waals surface area contributed by atoms with Gasteiger partial charge in [-0.1, -0.05) is 39.0 Å². The van der Waals surface area contributed by atoms with Crippen molar-refractivity contribution in [1.82, 2.24) is 20.1 Å². The Morgan fingerprint density at radius 3 is 2.54 bits per heavy atom. The van der Waals surface area contributed by atoms with Gasteiger partial charge in [-0.25, -0.2) is 13.5 Å². The van der Waals surface area contributed by atoms with Crippen LogP contribution in [-0.4, -0.2) is 38.9 Å². The van der Waals surface area contributed by atoms with Crippen LogP contribution in [0.5, 0.6) is 0 Å². The number of pyridine rings is 1. The molecule has 0 saturated carbocycles. The summed E-state index contributed by atoms with van der Waals surface area (Å²) >= 11 is 1.25. The first-order valence-corrected chi connectivity index (χ1v) is 14.3. The summed E-state index contributed by atoms with van der Waals surface area (Å²) in [6.45, 7) is 7.97. The van der Waals surface area contributed by atoms with Crippen LogP contribution >= 0.6 is 11.8 Å². The lowest BCUT2D eigenvalue weighted by molar-refractivity contribution is -0.123. The van der Waals surface area contributed by atoms with Gasteiger partial charge >= 0.3 is 0 Å². The van der Waals surface area contributed by atoms with Gasteiger partial charge in [0.05, 0.1) is 22.4 Å². The fourth-order valence-corrected chi connectivity index (χ4v) is 6.09. The fraction of sp³-hybridized carbons (Fsp3) is 0.290. The van der Waals surface area contributed by atoms with Gasteiger partial charge in [-0.3, -0.25) is 19.5 Å². The predicted molar refractivity (Wildman–Crippen MR) is 156 cm³/mol. The molecule has 0 radical (unpaired) electrons. The molecule has 1 aliphatic heterocycles. The van der Waals surface area contributed by atoms with E-state index in [-0.39, 0.29) is 36.2 Å². The van der Waals surface area contributed by atoms with Crippen molar-refractivity contribution in [3.8, 4) is 5.69 Å². The van der Waals surface area contributed by atoms with E-state index in [0.717, 1.165) is 17.2 Å². The molecule has 3 heterocycles. The third kappa shape index (κ3) is 6.02. The molecule has 0 aliphatic carbocycles. The molecule has 212 valence electrons. The van der Waals surface area contributed by atoms with E-state index in [0.29, 0.717) is 22.8 Å². The van der Waals surface area contributed by atoms with Crippen LogP contribution in [0.15, 0.2) is 67.0 Å². The number of carbonyl (C=O) groups excluding carboxylic acids is 2. The van der Waals surface area contributed by atoms with Gasteiger partial charge in [0.1, 0.15) is 24.0 Å². The number of rotatable bonds is 6. The summed E-state index contributed by atoms with van der Waals surface area (Å²) in [4.78, 5) is 32.4. The van der Waals surface area contributed by atoms with Gasteiger partial charge in [-0.15, -0.1) is 11.8 Å². The van der Waals surface area contributed by atoms with E-state index < -0.39 is 22.3 Å². The first kappa shape index (κ1) is 28.5. The van der Waals surface area contributed by atoms with E-state index in [1.807, 2.05) is 52.0 Å². The molecule has 0 saturated heterocycles. The molecule has 1 N–H and O–H groups in total. The molecule has 41 heavy (non-hydrogen) atoms. The molecule has 0 bridgehead atoms. The minimum Gasteiger partial charge on any atom is -0.350 e. The Balaban J connectivity index is 1.67. The highest BCUT2D eigenvalue weighted by molar-refractivity contribution is 8.00. The number of hydrogen-bond acceptors (Lipinski definition) is 5. The van der Waals surface area contributed by atoms with Crippen LogP contribution in [0.4, 0.5) is 14.6 Å². The SMILES string of the molecule is Cc1cccc(-n2nc(C(C)(C)C)c3c2N(CC(=O)NCc2ccncc2)C(=O)CS[C@H]3c2ccc(F)cc2F)c1. The maximum atomic E-state index is 15.3. The van der Waals surface area contributed by atoms with Crippen molar-refractivity contribution in [3.05, 3.63) is 107 Å². The second kappa shape index (κ2) is 11.4. The Labute approximate surface area is 242 Å². The molecule has 0 unspecified atom stereocenters. The van der Waals surface area contributed by atoms with Crippen molar-refractivity contribution in [2.75, 3.05) is 17.2 Å². The summed E-state index contributed by atoms with van der Waals surface area (Å²) in [6.07, 6.45) is 3.29. The van der Waals surface area contributed by atoms with Crippen molar-refractivity contribution in [2.24, 2.45) is 0 Å². The second-order valence-corrected chi connectivity index (χ2v) is 12.1. The smallest absolute Gasteiger partial charge is 0.240 e. The van der Waals surface area contributed by atoms with Crippen LogP contribution in [0.25, 0.3) is 5.69 Å². The molecule has 2 aromatic heterocycles. The van der Waals surface area contributed by atoms with Crippen LogP contribution in [0.1, 0.15) is 54.0 Å². The van der Waals surface area contributed by atoms with Gasteiger partial charge in [0.25, 0.3) is 0 Å². The monoisotopic (exact) mass is 575 g/mol. The number of nitrogens with one attached hydrogen (secondary N) is 1. The van der Waals surface area contributed by atoms with E-state index in [1.54, 1.807) is 29.2 Å². The van der Waals surface area contributed by atoms with Crippen molar-refractivity contribution in [1.29, 1.82) is 0 Å². The molecule has 5 rings (SSSR count).